The monoisotopic (exact) mass is 313 g/mol. The van der Waals surface area contributed by atoms with Gasteiger partial charge in [-0.2, -0.15) is 10.2 Å². The van der Waals surface area contributed by atoms with Crippen LogP contribution in [0.1, 0.15) is 21.6 Å². The normalized spacial score (nSPS) is 10.7. The summed E-state index contributed by atoms with van der Waals surface area (Å²) in [4.78, 5) is 12.3. The van der Waals surface area contributed by atoms with E-state index in [1.165, 1.54) is 10.7 Å². The molecule has 3 aromatic rings. The molecular weight excluding hydrogens is 297 g/mol. The lowest BCUT2D eigenvalue weighted by molar-refractivity contribution is 0.101. The fraction of sp³-hybridized carbons (Fsp3) is 0.188. The van der Waals surface area contributed by atoms with Crippen molar-refractivity contribution in [2.75, 3.05) is 5.32 Å². The van der Waals surface area contributed by atoms with Gasteiger partial charge in [0, 0.05) is 24.4 Å². The molecule has 1 aromatic carbocycles. The number of carbonyl (C=O) groups is 1. The minimum atomic E-state index is -0.301. The standard InChI is InChI=1S/C16H16FN5O/c1-11-9-19-22(10-12-5-3-4-6-13(12)17)15(11)20-16(23)14-7-8-18-21(14)2/h3-9H,10H2,1-2H3,(H,20,23). The predicted molar refractivity (Wildman–Crippen MR) is 83.6 cm³/mol. The van der Waals surface area contributed by atoms with Crippen LogP contribution in [0.2, 0.25) is 0 Å². The fourth-order valence-corrected chi connectivity index (χ4v) is 2.32. The van der Waals surface area contributed by atoms with E-state index in [1.54, 1.807) is 48.4 Å². The van der Waals surface area contributed by atoms with E-state index >= 15 is 0 Å². The highest BCUT2D eigenvalue weighted by atomic mass is 19.1. The Balaban J connectivity index is 1.86. The summed E-state index contributed by atoms with van der Waals surface area (Å²) < 4.78 is 16.9. The lowest BCUT2D eigenvalue weighted by Gasteiger charge is -2.11. The summed E-state index contributed by atoms with van der Waals surface area (Å²) >= 11 is 0. The average molecular weight is 313 g/mol. The number of aromatic nitrogens is 4. The van der Waals surface area contributed by atoms with Crippen molar-refractivity contribution < 1.29 is 9.18 Å². The van der Waals surface area contributed by atoms with Crippen LogP contribution in [0, 0.1) is 12.7 Å². The Hall–Kier alpha value is -2.96. The minimum Gasteiger partial charge on any atom is -0.305 e. The van der Waals surface area contributed by atoms with Crippen LogP contribution in [-0.2, 0) is 13.6 Å². The van der Waals surface area contributed by atoms with Crippen LogP contribution in [0.5, 0.6) is 0 Å². The number of rotatable bonds is 4. The molecule has 0 aliphatic carbocycles. The summed E-state index contributed by atoms with van der Waals surface area (Å²) in [5, 5.41) is 11.0. The van der Waals surface area contributed by atoms with Crippen molar-refractivity contribution in [3.05, 3.63) is 65.4 Å². The number of nitrogens with one attached hydrogen (secondary N) is 1. The van der Waals surface area contributed by atoms with E-state index in [1.807, 2.05) is 6.92 Å². The molecule has 0 fully saturated rings. The molecule has 118 valence electrons. The first-order chi connectivity index (χ1) is 11.1. The summed E-state index contributed by atoms with van der Waals surface area (Å²) in [5.41, 5.74) is 1.74. The van der Waals surface area contributed by atoms with Crippen molar-refractivity contribution in [1.82, 2.24) is 19.6 Å². The first-order valence-corrected chi connectivity index (χ1v) is 7.11. The van der Waals surface area contributed by atoms with Crippen molar-refractivity contribution in [3.63, 3.8) is 0 Å². The Kier molecular flexibility index (Phi) is 3.92. The maximum Gasteiger partial charge on any atom is 0.275 e. The summed E-state index contributed by atoms with van der Waals surface area (Å²) in [7, 11) is 1.69. The molecule has 7 heteroatoms. The van der Waals surface area contributed by atoms with Gasteiger partial charge in [0.25, 0.3) is 5.91 Å². The third-order valence-corrected chi connectivity index (χ3v) is 3.59. The summed E-state index contributed by atoms with van der Waals surface area (Å²) in [5.74, 6) is -0.0487. The minimum absolute atomic E-state index is 0.238. The van der Waals surface area contributed by atoms with Crippen molar-refractivity contribution in [2.45, 2.75) is 13.5 Å². The van der Waals surface area contributed by atoms with E-state index in [0.717, 1.165) is 5.56 Å². The Morgan fingerprint density at radius 3 is 2.74 bits per heavy atom. The van der Waals surface area contributed by atoms with Crippen LogP contribution >= 0.6 is 0 Å². The molecule has 0 unspecified atom stereocenters. The number of carbonyl (C=O) groups excluding carboxylic acids is 1. The number of hydrogen-bond donors (Lipinski definition) is 1. The third kappa shape index (κ3) is 2.98. The topological polar surface area (TPSA) is 64.7 Å². The SMILES string of the molecule is Cc1cnn(Cc2ccccc2F)c1NC(=O)c1ccnn1C. The van der Waals surface area contributed by atoms with Crippen LogP contribution in [0.25, 0.3) is 0 Å². The quantitative estimate of drug-likeness (QED) is 0.804. The molecule has 0 saturated heterocycles. The molecule has 3 rings (SSSR count). The van der Waals surface area contributed by atoms with Gasteiger partial charge in [-0.3, -0.25) is 9.48 Å². The highest BCUT2D eigenvalue weighted by Gasteiger charge is 2.16. The lowest BCUT2D eigenvalue weighted by Crippen LogP contribution is -2.19. The molecule has 1 amide bonds. The van der Waals surface area contributed by atoms with E-state index < -0.39 is 0 Å². The van der Waals surface area contributed by atoms with Gasteiger partial charge in [-0.25, -0.2) is 9.07 Å². The van der Waals surface area contributed by atoms with Gasteiger partial charge in [-0.05, 0) is 19.1 Å². The van der Waals surface area contributed by atoms with Crippen LogP contribution < -0.4 is 5.32 Å². The van der Waals surface area contributed by atoms with Gasteiger partial charge < -0.3 is 5.32 Å². The molecule has 0 saturated carbocycles. The van der Waals surface area contributed by atoms with E-state index in [0.29, 0.717) is 17.1 Å². The van der Waals surface area contributed by atoms with Crippen molar-refractivity contribution in [3.8, 4) is 0 Å². The van der Waals surface area contributed by atoms with E-state index in [9.17, 15) is 9.18 Å². The number of nitrogens with zero attached hydrogens (tertiary/aromatic N) is 4. The molecule has 2 aromatic heterocycles. The number of anilines is 1. The van der Waals surface area contributed by atoms with Gasteiger partial charge in [0.1, 0.15) is 17.3 Å². The van der Waals surface area contributed by atoms with Gasteiger partial charge in [-0.1, -0.05) is 18.2 Å². The van der Waals surface area contributed by atoms with E-state index in [4.69, 9.17) is 0 Å². The Morgan fingerprint density at radius 1 is 1.26 bits per heavy atom. The maximum absolute atomic E-state index is 13.8. The zero-order valence-electron chi connectivity index (χ0n) is 12.8. The molecule has 2 heterocycles. The number of benzene rings is 1. The van der Waals surface area contributed by atoms with Gasteiger partial charge in [-0.15, -0.1) is 0 Å². The highest BCUT2D eigenvalue weighted by molar-refractivity contribution is 6.02. The zero-order valence-corrected chi connectivity index (χ0v) is 12.8. The van der Waals surface area contributed by atoms with Gasteiger partial charge in [0.05, 0.1) is 12.7 Å². The molecule has 0 spiro atoms. The lowest BCUT2D eigenvalue weighted by atomic mass is 10.2. The average Bonchev–Trinajstić information content (AvgIpc) is 3.10. The molecule has 1 N–H and O–H groups in total. The van der Waals surface area contributed by atoms with Gasteiger partial charge >= 0.3 is 0 Å². The molecule has 0 aliphatic heterocycles. The molecule has 0 aliphatic rings. The molecule has 0 atom stereocenters. The van der Waals surface area contributed by atoms with Crippen LogP contribution in [0.4, 0.5) is 10.2 Å². The highest BCUT2D eigenvalue weighted by Crippen LogP contribution is 2.18. The van der Waals surface area contributed by atoms with Crippen LogP contribution in [0.3, 0.4) is 0 Å². The van der Waals surface area contributed by atoms with E-state index in [-0.39, 0.29) is 18.3 Å². The zero-order chi connectivity index (χ0) is 16.4. The van der Waals surface area contributed by atoms with Crippen LogP contribution in [0.15, 0.2) is 42.7 Å². The molecular formula is C16H16FN5O. The molecule has 0 radical (unpaired) electrons. The third-order valence-electron chi connectivity index (χ3n) is 3.59. The largest absolute Gasteiger partial charge is 0.305 e. The first kappa shape index (κ1) is 15.0. The Morgan fingerprint density at radius 2 is 2.04 bits per heavy atom. The number of halogens is 1. The Labute approximate surface area is 132 Å². The second-order valence-electron chi connectivity index (χ2n) is 5.22. The maximum atomic E-state index is 13.8. The summed E-state index contributed by atoms with van der Waals surface area (Å²) in [6.45, 7) is 2.07. The molecule has 0 bridgehead atoms. The van der Waals surface area contributed by atoms with Crippen molar-refractivity contribution in [1.29, 1.82) is 0 Å². The summed E-state index contributed by atoms with van der Waals surface area (Å²) in [6, 6.07) is 8.13. The number of hydrogen-bond acceptors (Lipinski definition) is 3. The smallest absolute Gasteiger partial charge is 0.275 e. The van der Waals surface area contributed by atoms with E-state index in [2.05, 4.69) is 15.5 Å². The molecule has 23 heavy (non-hydrogen) atoms. The predicted octanol–water partition coefficient (Wildman–Crippen LogP) is 2.36. The number of aryl methyl sites for hydroxylation is 2. The Bertz CT molecular complexity index is 852. The second-order valence-corrected chi connectivity index (χ2v) is 5.22. The first-order valence-electron chi connectivity index (χ1n) is 7.11. The summed E-state index contributed by atoms with van der Waals surface area (Å²) in [6.07, 6.45) is 3.19. The van der Waals surface area contributed by atoms with Gasteiger partial charge in [0.2, 0.25) is 0 Å². The van der Waals surface area contributed by atoms with Crippen LogP contribution in [-0.4, -0.2) is 25.5 Å². The van der Waals surface area contributed by atoms with Crippen molar-refractivity contribution in [2.24, 2.45) is 7.05 Å². The molecule has 6 nitrogen and oxygen atoms in total. The fourth-order valence-electron chi connectivity index (χ4n) is 2.32. The van der Waals surface area contributed by atoms with Crippen molar-refractivity contribution >= 4 is 11.7 Å². The number of amides is 1. The second kappa shape index (κ2) is 6.04. The van der Waals surface area contributed by atoms with Gasteiger partial charge in [0.15, 0.2) is 0 Å².